The van der Waals surface area contributed by atoms with Gasteiger partial charge in [0.05, 0.1) is 17.2 Å². The highest BCUT2D eigenvalue weighted by molar-refractivity contribution is 7.80. The van der Waals surface area contributed by atoms with E-state index in [1.807, 2.05) is 42.6 Å². The summed E-state index contributed by atoms with van der Waals surface area (Å²) in [7, 11) is 0. The minimum absolute atomic E-state index is 0.628. The maximum atomic E-state index is 10.4. The van der Waals surface area contributed by atoms with Gasteiger partial charge in [-0.15, -0.1) is 12.6 Å². The van der Waals surface area contributed by atoms with Gasteiger partial charge < -0.3 is 10.1 Å². The minimum Gasteiger partial charge on any atom is -0.385 e. The summed E-state index contributed by atoms with van der Waals surface area (Å²) in [6, 6.07) is 14.0. The molecule has 0 spiro atoms. The molecule has 1 fully saturated rings. The van der Waals surface area contributed by atoms with Crippen molar-refractivity contribution in [2.45, 2.75) is 29.8 Å². The van der Waals surface area contributed by atoms with Gasteiger partial charge >= 0.3 is 0 Å². The predicted molar refractivity (Wildman–Crippen MR) is 93.4 cm³/mol. The Hall–Kier alpha value is -2.22. The minimum atomic E-state index is -0.653. The first-order chi connectivity index (χ1) is 11.1. The van der Waals surface area contributed by atoms with Crippen molar-refractivity contribution in [2.24, 2.45) is 0 Å². The number of nitrogens with one attached hydrogen (secondary N) is 1. The number of aromatic nitrogens is 1. The van der Waals surface area contributed by atoms with Crippen LogP contribution in [0, 0.1) is 11.3 Å². The number of rotatable bonds is 2. The molecule has 4 heteroatoms. The molecule has 1 aliphatic rings. The lowest BCUT2D eigenvalue weighted by Crippen LogP contribution is -2.33. The van der Waals surface area contributed by atoms with Gasteiger partial charge in [-0.1, -0.05) is 24.3 Å². The number of thiol groups is 1. The molecule has 0 bridgehead atoms. The molecule has 0 atom stereocenters. The maximum absolute atomic E-state index is 10.4. The molecule has 4 rings (SSSR count). The smallest absolute Gasteiger partial charge is 0.0998 e. The fraction of sp³-hybridized carbons (Fsp3) is 0.211. The van der Waals surface area contributed by atoms with E-state index in [-0.39, 0.29) is 0 Å². The summed E-state index contributed by atoms with van der Waals surface area (Å²) < 4.78 is 0. The van der Waals surface area contributed by atoms with Crippen LogP contribution in [0.5, 0.6) is 0 Å². The second kappa shape index (κ2) is 5.16. The number of aliphatic hydroxyl groups is 1. The van der Waals surface area contributed by atoms with Crippen molar-refractivity contribution in [1.29, 1.82) is 5.26 Å². The van der Waals surface area contributed by atoms with Crippen molar-refractivity contribution < 1.29 is 5.11 Å². The van der Waals surface area contributed by atoms with Crippen LogP contribution in [0.1, 0.15) is 30.4 Å². The standard InChI is InChI=1S/C19H16N2OS/c20-10-13-8-17-16(18(23)11-21-17)9-15(13)12-2-4-14(5-3-12)19(22)6-1-7-19/h2-5,8-9,11,21-23H,1,6-7H2. The molecule has 0 amide bonds. The highest BCUT2D eigenvalue weighted by Gasteiger charge is 2.35. The molecule has 0 unspecified atom stereocenters. The summed E-state index contributed by atoms with van der Waals surface area (Å²) in [4.78, 5) is 3.99. The third-order valence-corrected chi connectivity index (χ3v) is 5.20. The van der Waals surface area contributed by atoms with Crippen molar-refractivity contribution in [2.75, 3.05) is 0 Å². The number of benzene rings is 2. The number of nitrogens with zero attached hydrogens (tertiary/aromatic N) is 1. The van der Waals surface area contributed by atoms with E-state index in [9.17, 15) is 10.4 Å². The van der Waals surface area contributed by atoms with Crippen LogP contribution >= 0.6 is 12.6 Å². The first-order valence-electron chi connectivity index (χ1n) is 7.68. The quantitative estimate of drug-likeness (QED) is 0.614. The molecule has 0 aliphatic heterocycles. The molecule has 3 nitrogen and oxygen atoms in total. The van der Waals surface area contributed by atoms with Crippen LogP contribution in [-0.4, -0.2) is 10.1 Å². The third kappa shape index (κ3) is 2.24. The monoisotopic (exact) mass is 320 g/mol. The molecule has 1 saturated carbocycles. The van der Waals surface area contributed by atoms with Crippen molar-refractivity contribution in [3.05, 3.63) is 53.7 Å². The second-order valence-corrected chi connectivity index (χ2v) is 6.67. The lowest BCUT2D eigenvalue weighted by atomic mass is 9.75. The summed E-state index contributed by atoms with van der Waals surface area (Å²) in [5.41, 5.74) is 3.72. The average molecular weight is 320 g/mol. The Morgan fingerprint density at radius 1 is 1.17 bits per heavy atom. The van der Waals surface area contributed by atoms with Crippen LogP contribution in [0.25, 0.3) is 22.0 Å². The third-order valence-electron chi connectivity index (χ3n) is 4.83. The second-order valence-electron chi connectivity index (χ2n) is 6.19. The van der Waals surface area contributed by atoms with E-state index in [0.717, 1.165) is 51.8 Å². The zero-order valence-corrected chi connectivity index (χ0v) is 13.4. The molecular weight excluding hydrogens is 304 g/mol. The summed E-state index contributed by atoms with van der Waals surface area (Å²) in [5.74, 6) is 0. The molecule has 23 heavy (non-hydrogen) atoms. The predicted octanol–water partition coefficient (Wildman–Crippen LogP) is 4.37. The van der Waals surface area contributed by atoms with Crippen molar-refractivity contribution in [1.82, 2.24) is 4.98 Å². The van der Waals surface area contributed by atoms with Crippen molar-refractivity contribution in [3.8, 4) is 17.2 Å². The molecule has 1 heterocycles. The van der Waals surface area contributed by atoms with Gasteiger partial charge in [-0.2, -0.15) is 5.26 Å². The number of hydrogen-bond donors (Lipinski definition) is 3. The fourth-order valence-corrected chi connectivity index (χ4v) is 3.50. The largest absolute Gasteiger partial charge is 0.385 e. The van der Waals surface area contributed by atoms with E-state index < -0.39 is 5.60 Å². The number of H-pyrrole nitrogens is 1. The first kappa shape index (κ1) is 14.4. The van der Waals surface area contributed by atoms with Gasteiger partial charge in [-0.3, -0.25) is 0 Å². The Labute approximate surface area is 140 Å². The zero-order chi connectivity index (χ0) is 16.0. The molecule has 2 N–H and O–H groups in total. The van der Waals surface area contributed by atoms with Crippen molar-refractivity contribution in [3.63, 3.8) is 0 Å². The lowest BCUT2D eigenvalue weighted by molar-refractivity contribution is -0.0387. The summed E-state index contributed by atoms with van der Waals surface area (Å²) in [5, 5.41) is 20.9. The Balaban J connectivity index is 1.82. The zero-order valence-electron chi connectivity index (χ0n) is 12.5. The highest BCUT2D eigenvalue weighted by atomic mass is 32.1. The van der Waals surface area contributed by atoms with Crippen LogP contribution in [0.3, 0.4) is 0 Å². The van der Waals surface area contributed by atoms with Gasteiger partial charge in [-0.05, 0) is 42.5 Å². The summed E-state index contributed by atoms with van der Waals surface area (Å²) >= 11 is 4.45. The van der Waals surface area contributed by atoms with E-state index in [1.54, 1.807) is 0 Å². The van der Waals surface area contributed by atoms with E-state index >= 15 is 0 Å². The molecule has 1 aliphatic carbocycles. The maximum Gasteiger partial charge on any atom is 0.0998 e. The number of hydrogen-bond acceptors (Lipinski definition) is 3. The molecular formula is C19H16N2OS. The van der Waals surface area contributed by atoms with Gasteiger partial charge in [0.25, 0.3) is 0 Å². The SMILES string of the molecule is N#Cc1cc2[nH]cc(S)c2cc1-c1ccc(C2(O)CCC2)cc1. The van der Waals surface area contributed by atoms with Crippen molar-refractivity contribution >= 4 is 23.5 Å². The number of aromatic amines is 1. The van der Waals surface area contributed by atoms with Crippen LogP contribution in [0.15, 0.2) is 47.5 Å². The Kier molecular flexibility index (Phi) is 3.22. The molecule has 1 aromatic heterocycles. The highest BCUT2D eigenvalue weighted by Crippen LogP contribution is 2.41. The van der Waals surface area contributed by atoms with Gasteiger partial charge in [0, 0.05) is 27.6 Å². The number of nitriles is 1. The van der Waals surface area contributed by atoms with Crippen LogP contribution in [0.4, 0.5) is 0 Å². The molecule has 114 valence electrons. The van der Waals surface area contributed by atoms with Gasteiger partial charge in [0.15, 0.2) is 0 Å². The molecule has 0 saturated heterocycles. The van der Waals surface area contributed by atoms with Crippen LogP contribution in [-0.2, 0) is 5.60 Å². The normalized spacial score (nSPS) is 16.0. The van der Waals surface area contributed by atoms with E-state index in [1.165, 1.54) is 0 Å². The molecule has 2 aromatic carbocycles. The Bertz CT molecular complexity index is 930. The lowest BCUT2D eigenvalue weighted by Gasteiger charge is -2.37. The van der Waals surface area contributed by atoms with Gasteiger partial charge in [0.1, 0.15) is 0 Å². The first-order valence-corrected chi connectivity index (χ1v) is 8.13. The van der Waals surface area contributed by atoms with E-state index in [2.05, 4.69) is 23.7 Å². The Morgan fingerprint density at radius 2 is 1.91 bits per heavy atom. The Morgan fingerprint density at radius 3 is 2.52 bits per heavy atom. The average Bonchev–Trinajstić information content (AvgIpc) is 2.92. The van der Waals surface area contributed by atoms with Gasteiger partial charge in [0.2, 0.25) is 0 Å². The summed E-state index contributed by atoms with van der Waals surface area (Å²) in [6.45, 7) is 0. The van der Waals surface area contributed by atoms with Gasteiger partial charge in [-0.25, -0.2) is 0 Å². The summed E-state index contributed by atoms with van der Waals surface area (Å²) in [6.07, 6.45) is 4.56. The molecule has 3 aromatic rings. The number of fused-ring (bicyclic) bond motifs is 1. The van der Waals surface area contributed by atoms with Crippen LogP contribution in [0.2, 0.25) is 0 Å². The van der Waals surface area contributed by atoms with Crippen LogP contribution < -0.4 is 0 Å². The van der Waals surface area contributed by atoms with E-state index in [0.29, 0.717) is 5.56 Å². The molecule has 0 radical (unpaired) electrons. The van der Waals surface area contributed by atoms with E-state index in [4.69, 9.17) is 0 Å². The fourth-order valence-electron chi connectivity index (χ4n) is 3.25. The topological polar surface area (TPSA) is 59.8 Å².